The molecule has 45 heavy (non-hydrogen) atoms. The minimum Gasteiger partial charge on any atom is -0.352 e. The van der Waals surface area contributed by atoms with Crippen molar-refractivity contribution in [2.75, 3.05) is 10.8 Å². The first-order chi connectivity index (χ1) is 21.3. The molecule has 0 spiro atoms. The van der Waals surface area contributed by atoms with Gasteiger partial charge in [-0.25, -0.2) is 8.42 Å². The number of nitrogens with zero attached hydrogens (tertiary/aromatic N) is 2. The molecule has 4 rings (SSSR count). The lowest BCUT2D eigenvalue weighted by atomic mass is 9.95. The highest BCUT2D eigenvalue weighted by Crippen LogP contribution is 2.33. The average Bonchev–Trinajstić information content (AvgIpc) is 3.02. The number of sulfonamides is 1. The highest BCUT2D eigenvalue weighted by molar-refractivity contribution is 7.92. The first kappa shape index (κ1) is 34.6. The number of rotatable bonds is 11. The number of hydrogen-bond acceptors (Lipinski definition) is 4. The maximum absolute atomic E-state index is 14.2. The van der Waals surface area contributed by atoms with Crippen molar-refractivity contribution in [2.24, 2.45) is 0 Å². The molecular formula is C32H34Cl2F3N3O4S. The summed E-state index contributed by atoms with van der Waals surface area (Å²) in [6, 6.07) is 14.6. The highest BCUT2D eigenvalue weighted by Gasteiger charge is 2.36. The normalized spacial score (nSPS) is 14.9. The molecule has 0 bridgehead atoms. The van der Waals surface area contributed by atoms with Crippen molar-refractivity contribution < 1.29 is 31.2 Å². The minimum absolute atomic E-state index is 0.0534. The van der Waals surface area contributed by atoms with Crippen LogP contribution in [0.4, 0.5) is 18.9 Å². The fourth-order valence-electron chi connectivity index (χ4n) is 5.38. The van der Waals surface area contributed by atoms with Gasteiger partial charge in [0.05, 0.1) is 26.2 Å². The predicted octanol–water partition coefficient (Wildman–Crippen LogP) is 7.46. The summed E-state index contributed by atoms with van der Waals surface area (Å²) in [7, 11) is -4.53. The molecule has 13 heteroatoms. The van der Waals surface area contributed by atoms with E-state index in [4.69, 9.17) is 23.2 Å². The van der Waals surface area contributed by atoms with Crippen molar-refractivity contribution in [3.8, 4) is 0 Å². The molecule has 242 valence electrons. The summed E-state index contributed by atoms with van der Waals surface area (Å²) < 4.78 is 69.4. The predicted molar refractivity (Wildman–Crippen MR) is 169 cm³/mol. The van der Waals surface area contributed by atoms with Crippen molar-refractivity contribution in [2.45, 2.75) is 75.1 Å². The standard InChI is InChI=1S/C32H34Cl2F3N3O4S/c1-2-29(31(42)38-24-11-5-3-6-12-24)39(20-22-16-17-27(33)28(34)18-22)30(41)21-40(45(43,44)26-14-7-4-8-15-26)25-13-9-10-23(19-25)32(35,36)37/h4,7-10,13-19,24,29H,2-3,5-6,11-12,20-21H2,1H3,(H,38,42)/t29-/m0/s1. The Balaban J connectivity index is 1.75. The van der Waals surface area contributed by atoms with Gasteiger partial charge in [-0.15, -0.1) is 0 Å². The van der Waals surface area contributed by atoms with Crippen LogP contribution in [0.1, 0.15) is 56.6 Å². The summed E-state index contributed by atoms with van der Waals surface area (Å²) >= 11 is 12.3. The second-order valence-corrected chi connectivity index (χ2v) is 13.6. The van der Waals surface area contributed by atoms with E-state index in [-0.39, 0.29) is 39.6 Å². The molecule has 3 aromatic rings. The Labute approximate surface area is 271 Å². The average molecular weight is 685 g/mol. The second kappa shape index (κ2) is 14.9. The van der Waals surface area contributed by atoms with E-state index in [1.807, 2.05) is 0 Å². The number of nitrogens with one attached hydrogen (secondary N) is 1. The molecule has 0 aliphatic heterocycles. The van der Waals surface area contributed by atoms with E-state index in [1.54, 1.807) is 31.2 Å². The van der Waals surface area contributed by atoms with Gasteiger partial charge in [0.15, 0.2) is 0 Å². The van der Waals surface area contributed by atoms with Crippen LogP contribution in [0.5, 0.6) is 0 Å². The van der Waals surface area contributed by atoms with Gasteiger partial charge in [-0.2, -0.15) is 13.2 Å². The van der Waals surface area contributed by atoms with Gasteiger partial charge in [0.2, 0.25) is 11.8 Å². The van der Waals surface area contributed by atoms with Crippen LogP contribution in [-0.2, 0) is 32.3 Å². The van der Waals surface area contributed by atoms with Crippen molar-refractivity contribution in [3.63, 3.8) is 0 Å². The molecule has 1 N–H and O–H groups in total. The van der Waals surface area contributed by atoms with Gasteiger partial charge >= 0.3 is 6.18 Å². The van der Waals surface area contributed by atoms with Gasteiger partial charge < -0.3 is 10.2 Å². The zero-order chi connectivity index (χ0) is 32.8. The van der Waals surface area contributed by atoms with Gasteiger partial charge in [-0.05, 0) is 67.3 Å². The number of benzene rings is 3. The third kappa shape index (κ3) is 8.71. The highest BCUT2D eigenvalue weighted by atomic mass is 35.5. The van der Waals surface area contributed by atoms with Crippen LogP contribution in [0.25, 0.3) is 0 Å². The van der Waals surface area contributed by atoms with E-state index in [0.29, 0.717) is 15.9 Å². The molecule has 0 radical (unpaired) electrons. The smallest absolute Gasteiger partial charge is 0.352 e. The SMILES string of the molecule is CC[C@@H](C(=O)NC1CCCCC1)N(Cc1ccc(Cl)c(Cl)c1)C(=O)CN(c1cccc(C(F)(F)F)c1)S(=O)(=O)c1ccccc1. The van der Waals surface area contributed by atoms with Crippen LogP contribution in [0.3, 0.4) is 0 Å². The number of carbonyl (C=O) groups excluding carboxylic acids is 2. The number of hydrogen-bond donors (Lipinski definition) is 1. The largest absolute Gasteiger partial charge is 0.416 e. The molecule has 0 aromatic heterocycles. The maximum atomic E-state index is 14.2. The Hall–Kier alpha value is -3.28. The van der Waals surface area contributed by atoms with E-state index < -0.39 is 46.2 Å². The van der Waals surface area contributed by atoms with Crippen LogP contribution in [-0.4, -0.2) is 43.8 Å². The van der Waals surface area contributed by atoms with E-state index in [9.17, 15) is 31.2 Å². The lowest BCUT2D eigenvalue weighted by Crippen LogP contribution is -2.54. The monoisotopic (exact) mass is 683 g/mol. The van der Waals surface area contributed by atoms with Gasteiger partial charge in [-0.3, -0.25) is 13.9 Å². The Kier molecular flexibility index (Phi) is 11.4. The first-order valence-corrected chi connectivity index (χ1v) is 16.8. The van der Waals surface area contributed by atoms with Gasteiger partial charge in [-0.1, -0.05) is 79.7 Å². The molecule has 2 amide bonds. The molecule has 3 aromatic carbocycles. The summed E-state index contributed by atoms with van der Waals surface area (Å²) in [6.07, 6.45) is 0.0665. The minimum atomic E-state index is -4.76. The Morgan fingerprint density at radius 1 is 0.933 bits per heavy atom. The number of halogens is 5. The Bertz CT molecular complexity index is 1600. The molecule has 0 unspecified atom stereocenters. The van der Waals surface area contributed by atoms with E-state index in [2.05, 4.69) is 5.32 Å². The zero-order valence-corrected chi connectivity index (χ0v) is 26.9. The summed E-state index contributed by atoms with van der Waals surface area (Å²) in [5, 5.41) is 3.54. The quantitative estimate of drug-likeness (QED) is 0.227. The third-order valence-electron chi connectivity index (χ3n) is 7.75. The lowest BCUT2D eigenvalue weighted by molar-refractivity contribution is -0.140. The van der Waals surface area contributed by atoms with Gasteiger partial charge in [0.1, 0.15) is 12.6 Å². The van der Waals surface area contributed by atoms with E-state index in [1.165, 1.54) is 35.2 Å². The summed E-state index contributed by atoms with van der Waals surface area (Å²) in [6.45, 7) is 0.729. The molecule has 1 fully saturated rings. The Morgan fingerprint density at radius 3 is 2.24 bits per heavy atom. The number of carbonyl (C=O) groups is 2. The van der Waals surface area contributed by atoms with Gasteiger partial charge in [0.25, 0.3) is 10.0 Å². The zero-order valence-electron chi connectivity index (χ0n) is 24.6. The number of anilines is 1. The molecule has 1 aliphatic rings. The number of alkyl halides is 3. The fraction of sp³-hybridized carbons (Fsp3) is 0.375. The molecular weight excluding hydrogens is 650 g/mol. The molecule has 0 heterocycles. The Morgan fingerprint density at radius 2 is 1.62 bits per heavy atom. The summed E-state index contributed by atoms with van der Waals surface area (Å²) in [5.41, 5.74) is -0.902. The van der Waals surface area contributed by atoms with Crippen LogP contribution in [0.2, 0.25) is 10.0 Å². The molecule has 1 atom stereocenters. The summed E-state index contributed by atoms with van der Waals surface area (Å²) in [4.78, 5) is 28.9. The second-order valence-electron chi connectivity index (χ2n) is 10.9. The molecule has 1 saturated carbocycles. The van der Waals surface area contributed by atoms with Crippen molar-refractivity contribution in [3.05, 3.63) is 94.0 Å². The van der Waals surface area contributed by atoms with Crippen molar-refractivity contribution in [1.82, 2.24) is 10.2 Å². The molecule has 0 saturated heterocycles. The maximum Gasteiger partial charge on any atom is 0.416 e. The fourth-order valence-corrected chi connectivity index (χ4v) is 7.13. The van der Waals surface area contributed by atoms with Crippen LogP contribution < -0.4 is 9.62 Å². The van der Waals surface area contributed by atoms with Crippen molar-refractivity contribution >= 4 is 50.7 Å². The lowest BCUT2D eigenvalue weighted by Gasteiger charge is -2.34. The van der Waals surface area contributed by atoms with Gasteiger partial charge in [0, 0.05) is 12.6 Å². The summed E-state index contributed by atoms with van der Waals surface area (Å²) in [5.74, 6) is -1.18. The molecule has 7 nitrogen and oxygen atoms in total. The topological polar surface area (TPSA) is 86.8 Å². The number of amides is 2. The van der Waals surface area contributed by atoms with Crippen LogP contribution in [0.15, 0.2) is 77.7 Å². The van der Waals surface area contributed by atoms with E-state index >= 15 is 0 Å². The first-order valence-electron chi connectivity index (χ1n) is 14.6. The molecule has 1 aliphatic carbocycles. The van der Waals surface area contributed by atoms with E-state index in [0.717, 1.165) is 44.2 Å². The van der Waals surface area contributed by atoms with Crippen LogP contribution in [0, 0.1) is 0 Å². The third-order valence-corrected chi connectivity index (χ3v) is 10.3. The van der Waals surface area contributed by atoms with Crippen molar-refractivity contribution in [1.29, 1.82) is 0 Å². The van der Waals surface area contributed by atoms with Crippen LogP contribution >= 0.6 is 23.2 Å².